The van der Waals surface area contributed by atoms with Gasteiger partial charge in [-0.2, -0.15) is 0 Å². The highest BCUT2D eigenvalue weighted by atomic mass is 16.6. The van der Waals surface area contributed by atoms with Crippen LogP contribution in [-0.2, 0) is 23.9 Å². The van der Waals surface area contributed by atoms with E-state index in [1.54, 1.807) is 48.5 Å². The third-order valence-electron chi connectivity index (χ3n) is 4.49. The predicted molar refractivity (Wildman–Crippen MR) is 89.2 cm³/mol. The van der Waals surface area contributed by atoms with E-state index in [1.807, 2.05) is 0 Å². The lowest BCUT2D eigenvalue weighted by molar-refractivity contribution is -0.185. The number of esters is 2. The highest BCUT2D eigenvalue weighted by Crippen LogP contribution is 2.53. The van der Waals surface area contributed by atoms with Gasteiger partial charge in [-0.25, -0.2) is 0 Å². The van der Waals surface area contributed by atoms with E-state index in [0.717, 1.165) is 5.57 Å². The second-order valence-corrected chi connectivity index (χ2v) is 8.94. The fourth-order valence-electron chi connectivity index (χ4n) is 3.42. The Hall–Kier alpha value is -1.65. The summed E-state index contributed by atoms with van der Waals surface area (Å²) in [7, 11) is 0. The van der Waals surface area contributed by atoms with Crippen LogP contribution in [0.3, 0.4) is 0 Å². The monoisotopic (exact) mass is 336 g/mol. The molecular weight excluding hydrogens is 308 g/mol. The molecule has 0 spiro atoms. The Morgan fingerprint density at radius 1 is 1.00 bits per heavy atom. The Kier molecular flexibility index (Phi) is 4.45. The number of hydrogen-bond donors (Lipinski definition) is 0. The Bertz CT molecular complexity index is 585. The number of hydrogen-bond acceptors (Lipinski definition) is 5. The van der Waals surface area contributed by atoms with Crippen molar-refractivity contribution < 1.29 is 23.9 Å². The van der Waals surface area contributed by atoms with Crippen molar-refractivity contribution in [2.75, 3.05) is 0 Å². The summed E-state index contributed by atoms with van der Waals surface area (Å²) in [5.74, 6) is -1.05. The smallest absolute Gasteiger partial charge is 0.324 e. The summed E-state index contributed by atoms with van der Waals surface area (Å²) in [5, 5.41) is 0. The van der Waals surface area contributed by atoms with E-state index >= 15 is 0 Å². The van der Waals surface area contributed by atoms with Crippen molar-refractivity contribution in [3.05, 3.63) is 11.1 Å². The molecule has 0 aromatic carbocycles. The van der Waals surface area contributed by atoms with Crippen molar-refractivity contribution >= 4 is 17.7 Å². The van der Waals surface area contributed by atoms with Crippen LogP contribution in [-0.4, -0.2) is 28.9 Å². The first-order valence-electron chi connectivity index (χ1n) is 8.45. The number of carbonyl (C=O) groups excluding carboxylic acids is 3. The van der Waals surface area contributed by atoms with E-state index in [9.17, 15) is 14.4 Å². The van der Waals surface area contributed by atoms with Crippen molar-refractivity contribution in [1.29, 1.82) is 0 Å². The number of carbonyl (C=O) groups is 3. The minimum atomic E-state index is -1.34. The molecule has 0 saturated heterocycles. The summed E-state index contributed by atoms with van der Waals surface area (Å²) in [6.07, 6.45) is 0.878. The van der Waals surface area contributed by atoms with E-state index in [4.69, 9.17) is 9.47 Å². The van der Waals surface area contributed by atoms with Gasteiger partial charge in [0.25, 0.3) is 0 Å². The summed E-state index contributed by atoms with van der Waals surface area (Å²) >= 11 is 0. The lowest BCUT2D eigenvalue weighted by Gasteiger charge is -2.32. The largest absolute Gasteiger partial charge is 0.459 e. The molecule has 2 aliphatic rings. The molecule has 1 saturated carbocycles. The van der Waals surface area contributed by atoms with Gasteiger partial charge in [0.1, 0.15) is 11.2 Å². The quantitative estimate of drug-likeness (QED) is 0.571. The Morgan fingerprint density at radius 2 is 1.46 bits per heavy atom. The van der Waals surface area contributed by atoms with Crippen LogP contribution < -0.4 is 0 Å². The van der Waals surface area contributed by atoms with E-state index in [0.29, 0.717) is 12.0 Å². The van der Waals surface area contributed by atoms with Gasteiger partial charge in [-0.1, -0.05) is 5.57 Å². The zero-order valence-corrected chi connectivity index (χ0v) is 15.7. The maximum absolute atomic E-state index is 12.9. The van der Waals surface area contributed by atoms with Gasteiger partial charge in [0, 0.05) is 6.42 Å². The molecule has 1 unspecified atom stereocenters. The van der Waals surface area contributed by atoms with Crippen molar-refractivity contribution in [2.45, 2.75) is 78.9 Å². The first-order chi connectivity index (χ1) is 10.8. The summed E-state index contributed by atoms with van der Waals surface area (Å²) in [6.45, 7) is 12.4. The molecule has 5 nitrogen and oxygen atoms in total. The first kappa shape index (κ1) is 18.7. The Balaban J connectivity index is 2.40. The summed E-state index contributed by atoms with van der Waals surface area (Å²) < 4.78 is 11.1. The molecule has 0 aliphatic heterocycles. The average Bonchev–Trinajstić information content (AvgIpc) is 2.84. The van der Waals surface area contributed by atoms with Gasteiger partial charge in [-0.05, 0) is 72.8 Å². The summed E-state index contributed by atoms with van der Waals surface area (Å²) in [4.78, 5) is 37.7. The molecular formula is C19H28O5. The van der Waals surface area contributed by atoms with Gasteiger partial charge in [0.05, 0.1) is 0 Å². The van der Waals surface area contributed by atoms with E-state index in [2.05, 4.69) is 0 Å². The van der Waals surface area contributed by atoms with Gasteiger partial charge < -0.3 is 9.47 Å². The summed E-state index contributed by atoms with van der Waals surface area (Å²) in [6, 6.07) is 0. The van der Waals surface area contributed by atoms with Crippen LogP contribution in [0.1, 0.15) is 67.7 Å². The standard InChI is InChI=1S/C19H28O5/c1-11-13-10-19(9-12(13)8-14(11)20,15(21)23-17(2,3)4)16(22)24-18(5,6)7/h12H,8-10H2,1-7H3. The number of rotatable bonds is 2. The molecule has 0 radical (unpaired) electrons. The molecule has 2 rings (SSSR count). The number of ether oxygens (including phenoxy) is 2. The first-order valence-corrected chi connectivity index (χ1v) is 8.45. The van der Waals surface area contributed by atoms with Gasteiger partial charge in [-0.3, -0.25) is 14.4 Å². The van der Waals surface area contributed by atoms with Crippen molar-refractivity contribution in [2.24, 2.45) is 11.3 Å². The van der Waals surface area contributed by atoms with Gasteiger partial charge in [0.15, 0.2) is 11.2 Å². The van der Waals surface area contributed by atoms with Crippen LogP contribution in [0.25, 0.3) is 0 Å². The van der Waals surface area contributed by atoms with Gasteiger partial charge >= 0.3 is 11.9 Å². The van der Waals surface area contributed by atoms with Crippen LogP contribution in [0.4, 0.5) is 0 Å². The van der Waals surface area contributed by atoms with Gasteiger partial charge in [-0.15, -0.1) is 0 Å². The highest BCUT2D eigenvalue weighted by molar-refractivity contribution is 6.04. The number of ketones is 1. The number of Topliss-reactive ketones (excluding diaryl/α,β-unsaturated/α-hetero) is 1. The molecule has 0 aromatic rings. The fraction of sp³-hybridized carbons (Fsp3) is 0.737. The molecule has 1 fully saturated rings. The molecule has 0 heterocycles. The number of fused-ring (bicyclic) bond motifs is 1. The molecule has 2 aliphatic carbocycles. The molecule has 0 N–H and O–H groups in total. The van der Waals surface area contributed by atoms with Crippen LogP contribution in [0.5, 0.6) is 0 Å². The Morgan fingerprint density at radius 3 is 1.83 bits per heavy atom. The van der Waals surface area contributed by atoms with Crippen LogP contribution in [0, 0.1) is 11.3 Å². The molecule has 0 aromatic heterocycles. The zero-order valence-electron chi connectivity index (χ0n) is 15.7. The molecule has 1 atom stereocenters. The minimum absolute atomic E-state index is 0.0578. The zero-order chi connectivity index (χ0) is 18.5. The van der Waals surface area contributed by atoms with Crippen molar-refractivity contribution in [1.82, 2.24) is 0 Å². The highest BCUT2D eigenvalue weighted by Gasteiger charge is 2.59. The van der Waals surface area contributed by atoms with Crippen molar-refractivity contribution in [3.63, 3.8) is 0 Å². The van der Waals surface area contributed by atoms with Crippen LogP contribution >= 0.6 is 0 Å². The molecule has 134 valence electrons. The molecule has 0 bridgehead atoms. The third kappa shape index (κ3) is 3.55. The SMILES string of the molecule is CC1=C2CC(C(=O)OC(C)(C)C)(C(=O)OC(C)(C)C)CC2CC1=O. The van der Waals surface area contributed by atoms with E-state index < -0.39 is 28.6 Å². The maximum Gasteiger partial charge on any atom is 0.324 e. The molecule has 0 amide bonds. The normalized spacial score (nSPS) is 23.3. The van der Waals surface area contributed by atoms with Crippen molar-refractivity contribution in [3.8, 4) is 0 Å². The average molecular weight is 336 g/mol. The molecule has 5 heteroatoms. The minimum Gasteiger partial charge on any atom is -0.459 e. The van der Waals surface area contributed by atoms with E-state index in [1.165, 1.54) is 0 Å². The van der Waals surface area contributed by atoms with Gasteiger partial charge in [0.2, 0.25) is 0 Å². The molecule has 24 heavy (non-hydrogen) atoms. The van der Waals surface area contributed by atoms with E-state index in [-0.39, 0.29) is 24.5 Å². The second kappa shape index (κ2) is 5.71. The second-order valence-electron chi connectivity index (χ2n) is 8.94. The third-order valence-corrected chi connectivity index (χ3v) is 4.49. The van der Waals surface area contributed by atoms with Crippen LogP contribution in [0.15, 0.2) is 11.1 Å². The maximum atomic E-state index is 12.9. The predicted octanol–water partition coefficient (Wildman–Crippen LogP) is 3.36. The fourth-order valence-corrected chi connectivity index (χ4v) is 3.42. The Labute approximate surface area is 143 Å². The number of allylic oxidation sites excluding steroid dienone is 2. The van der Waals surface area contributed by atoms with Crippen LogP contribution in [0.2, 0.25) is 0 Å². The lowest BCUT2D eigenvalue weighted by atomic mass is 9.83. The topological polar surface area (TPSA) is 69.7 Å². The summed E-state index contributed by atoms with van der Waals surface area (Å²) in [5.41, 5.74) is -1.13. The lowest BCUT2D eigenvalue weighted by Crippen LogP contribution is -2.45.